The molecule has 2 aliphatic rings. The number of piperazine rings is 1. The van der Waals surface area contributed by atoms with E-state index in [9.17, 15) is 4.79 Å². The first kappa shape index (κ1) is 22.6. The van der Waals surface area contributed by atoms with Crippen molar-refractivity contribution in [1.82, 2.24) is 4.90 Å². The zero-order chi connectivity index (χ0) is 22.3. The van der Waals surface area contributed by atoms with Crippen molar-refractivity contribution in [2.45, 2.75) is 79.0 Å². The van der Waals surface area contributed by atoms with Gasteiger partial charge in [0, 0.05) is 31.9 Å². The van der Waals surface area contributed by atoms with E-state index in [1.54, 1.807) is 0 Å². The number of hydrogen-bond acceptors (Lipinski definition) is 5. The molecule has 0 aromatic heterocycles. The predicted molar refractivity (Wildman–Crippen MR) is 125 cm³/mol. The highest BCUT2D eigenvalue weighted by Gasteiger charge is 2.36. The zero-order valence-corrected chi connectivity index (χ0v) is 19.9. The first-order valence-electron chi connectivity index (χ1n) is 11.3. The standard InChI is InChI=1S/C24H40N4O2/c1-17-15-27(16-18(2)28(17)22(29)30-23(3,4)5)19-8-9-20(25)21(14-19)26-12-10-24(6,7)11-13-26/h8-9,14,17-18H,10-13,15-16,25H2,1-7H3. The fourth-order valence-corrected chi connectivity index (χ4v) is 4.56. The molecule has 6 heteroatoms. The Bertz CT molecular complexity index is 749. The summed E-state index contributed by atoms with van der Waals surface area (Å²) in [6, 6.07) is 6.51. The molecule has 0 saturated carbocycles. The van der Waals surface area contributed by atoms with Gasteiger partial charge >= 0.3 is 6.09 Å². The molecular weight excluding hydrogens is 376 g/mol. The van der Waals surface area contributed by atoms with E-state index in [2.05, 4.69) is 49.6 Å². The summed E-state index contributed by atoms with van der Waals surface area (Å²) in [6.45, 7) is 18.2. The van der Waals surface area contributed by atoms with E-state index in [4.69, 9.17) is 10.5 Å². The lowest BCUT2D eigenvalue weighted by Gasteiger charge is -2.45. The van der Waals surface area contributed by atoms with Crippen LogP contribution in [-0.4, -0.2) is 54.9 Å². The van der Waals surface area contributed by atoms with Gasteiger partial charge in [-0.1, -0.05) is 13.8 Å². The van der Waals surface area contributed by atoms with Gasteiger partial charge in [-0.05, 0) is 71.1 Å². The number of anilines is 3. The second kappa shape index (κ2) is 8.20. The number of piperidine rings is 1. The number of ether oxygens (including phenoxy) is 1. The second-order valence-corrected chi connectivity index (χ2v) is 10.9. The summed E-state index contributed by atoms with van der Waals surface area (Å²) in [6.07, 6.45) is 2.13. The minimum Gasteiger partial charge on any atom is -0.444 e. The Morgan fingerprint density at radius 3 is 2.17 bits per heavy atom. The first-order valence-corrected chi connectivity index (χ1v) is 11.3. The van der Waals surface area contributed by atoms with Crippen LogP contribution in [0.2, 0.25) is 0 Å². The fraction of sp³-hybridized carbons (Fsp3) is 0.708. The number of carbonyl (C=O) groups excluding carboxylic acids is 1. The van der Waals surface area contributed by atoms with Crippen molar-refractivity contribution in [1.29, 1.82) is 0 Å². The molecule has 0 aliphatic carbocycles. The number of hydrogen-bond donors (Lipinski definition) is 1. The molecule has 2 N–H and O–H groups in total. The number of benzene rings is 1. The van der Waals surface area contributed by atoms with Gasteiger partial charge in [-0.25, -0.2) is 4.79 Å². The monoisotopic (exact) mass is 416 g/mol. The molecule has 2 aliphatic heterocycles. The quantitative estimate of drug-likeness (QED) is 0.706. The third-order valence-corrected chi connectivity index (χ3v) is 6.36. The minimum absolute atomic E-state index is 0.0698. The van der Waals surface area contributed by atoms with Gasteiger partial charge in [-0.3, -0.25) is 4.90 Å². The van der Waals surface area contributed by atoms with Crippen LogP contribution in [0.5, 0.6) is 0 Å². The Labute approximate surface area is 182 Å². The molecule has 1 aromatic rings. The molecule has 2 saturated heterocycles. The summed E-state index contributed by atoms with van der Waals surface area (Å²) in [4.78, 5) is 19.4. The molecule has 2 heterocycles. The van der Waals surface area contributed by atoms with Crippen molar-refractivity contribution in [3.63, 3.8) is 0 Å². The number of rotatable bonds is 2. The van der Waals surface area contributed by atoms with Gasteiger partial charge < -0.3 is 20.3 Å². The second-order valence-electron chi connectivity index (χ2n) is 10.9. The van der Waals surface area contributed by atoms with Crippen LogP contribution in [0.1, 0.15) is 61.3 Å². The van der Waals surface area contributed by atoms with Gasteiger partial charge in [0.05, 0.1) is 23.5 Å². The largest absolute Gasteiger partial charge is 0.444 e. The number of carbonyl (C=O) groups is 1. The summed E-state index contributed by atoms with van der Waals surface area (Å²) in [5.74, 6) is 0. The SMILES string of the molecule is CC1CN(c2ccc(N)c(N3CCC(C)(C)CC3)c2)CC(C)N1C(=O)OC(C)(C)C. The third-order valence-electron chi connectivity index (χ3n) is 6.36. The molecule has 3 rings (SSSR count). The maximum atomic E-state index is 12.7. The van der Waals surface area contributed by atoms with Crippen molar-refractivity contribution in [3.8, 4) is 0 Å². The smallest absolute Gasteiger partial charge is 0.410 e. The van der Waals surface area contributed by atoms with Gasteiger partial charge in [-0.15, -0.1) is 0 Å². The van der Waals surface area contributed by atoms with Crippen LogP contribution in [0.4, 0.5) is 21.9 Å². The highest BCUT2D eigenvalue weighted by Crippen LogP contribution is 2.36. The lowest BCUT2D eigenvalue weighted by atomic mass is 9.82. The highest BCUT2D eigenvalue weighted by atomic mass is 16.6. The Kier molecular flexibility index (Phi) is 6.17. The van der Waals surface area contributed by atoms with E-state index >= 15 is 0 Å². The Balaban J connectivity index is 1.74. The summed E-state index contributed by atoms with van der Waals surface area (Å²) in [5, 5.41) is 0. The predicted octanol–water partition coefficient (Wildman–Crippen LogP) is 4.73. The maximum absolute atomic E-state index is 12.7. The van der Waals surface area contributed by atoms with Crippen LogP contribution in [-0.2, 0) is 4.74 Å². The topological polar surface area (TPSA) is 62.0 Å². The molecule has 0 spiro atoms. The van der Waals surface area contributed by atoms with E-state index in [0.717, 1.165) is 37.6 Å². The average Bonchev–Trinajstić information content (AvgIpc) is 2.60. The summed E-state index contributed by atoms with van der Waals surface area (Å²) in [7, 11) is 0. The Hall–Kier alpha value is -2.11. The molecular formula is C24H40N4O2. The van der Waals surface area contributed by atoms with Crippen LogP contribution in [0.25, 0.3) is 0 Å². The Morgan fingerprint density at radius 1 is 1.07 bits per heavy atom. The summed E-state index contributed by atoms with van der Waals surface area (Å²) in [5.41, 5.74) is 9.44. The van der Waals surface area contributed by atoms with Gasteiger partial charge in [0.25, 0.3) is 0 Å². The van der Waals surface area contributed by atoms with Gasteiger partial charge in [0.1, 0.15) is 5.60 Å². The molecule has 6 nitrogen and oxygen atoms in total. The molecule has 30 heavy (non-hydrogen) atoms. The lowest BCUT2D eigenvalue weighted by Crippen LogP contribution is -2.59. The maximum Gasteiger partial charge on any atom is 0.410 e. The van der Waals surface area contributed by atoms with E-state index < -0.39 is 5.60 Å². The van der Waals surface area contributed by atoms with Crippen LogP contribution in [0, 0.1) is 5.41 Å². The molecule has 1 amide bonds. The number of nitrogen functional groups attached to an aromatic ring is 1. The molecule has 2 unspecified atom stereocenters. The zero-order valence-electron chi connectivity index (χ0n) is 19.9. The molecule has 1 aromatic carbocycles. The lowest BCUT2D eigenvalue weighted by molar-refractivity contribution is 0.00566. The Morgan fingerprint density at radius 2 is 1.63 bits per heavy atom. The molecule has 2 atom stereocenters. The van der Waals surface area contributed by atoms with Gasteiger partial charge in [-0.2, -0.15) is 0 Å². The van der Waals surface area contributed by atoms with Crippen molar-refractivity contribution in [3.05, 3.63) is 18.2 Å². The van der Waals surface area contributed by atoms with Crippen molar-refractivity contribution < 1.29 is 9.53 Å². The average molecular weight is 417 g/mol. The van der Waals surface area contributed by atoms with Crippen LogP contribution in [0.15, 0.2) is 18.2 Å². The fourth-order valence-electron chi connectivity index (χ4n) is 4.56. The van der Waals surface area contributed by atoms with Crippen molar-refractivity contribution in [2.24, 2.45) is 5.41 Å². The number of amides is 1. The van der Waals surface area contributed by atoms with Gasteiger partial charge in [0.2, 0.25) is 0 Å². The van der Waals surface area contributed by atoms with Crippen molar-refractivity contribution in [2.75, 3.05) is 41.7 Å². The van der Waals surface area contributed by atoms with Crippen LogP contribution in [0.3, 0.4) is 0 Å². The minimum atomic E-state index is -0.484. The molecule has 168 valence electrons. The van der Waals surface area contributed by atoms with E-state index in [1.165, 1.54) is 18.5 Å². The van der Waals surface area contributed by atoms with Crippen LogP contribution >= 0.6 is 0 Å². The van der Waals surface area contributed by atoms with E-state index in [1.807, 2.05) is 31.7 Å². The van der Waals surface area contributed by atoms with Crippen molar-refractivity contribution >= 4 is 23.2 Å². The molecule has 0 bridgehead atoms. The van der Waals surface area contributed by atoms with E-state index in [-0.39, 0.29) is 18.2 Å². The summed E-state index contributed by atoms with van der Waals surface area (Å²) >= 11 is 0. The first-order chi connectivity index (χ1) is 13.9. The van der Waals surface area contributed by atoms with E-state index in [0.29, 0.717) is 5.41 Å². The van der Waals surface area contributed by atoms with Crippen LogP contribution < -0.4 is 15.5 Å². The third kappa shape index (κ3) is 5.13. The molecule has 2 fully saturated rings. The summed E-state index contributed by atoms with van der Waals surface area (Å²) < 4.78 is 5.64. The highest BCUT2D eigenvalue weighted by molar-refractivity contribution is 5.74. The van der Waals surface area contributed by atoms with Gasteiger partial charge in [0.15, 0.2) is 0 Å². The number of nitrogens with two attached hydrogens (primary N) is 1. The molecule has 0 radical (unpaired) electrons. The normalized spacial score (nSPS) is 24.7. The number of nitrogens with zero attached hydrogens (tertiary/aromatic N) is 3.